The van der Waals surface area contributed by atoms with Gasteiger partial charge in [0.05, 0.1) is 0 Å². The Kier molecular flexibility index (Phi) is 6.73. The topological polar surface area (TPSA) is 9.72 Å². The van der Waals surface area contributed by atoms with E-state index in [1.807, 2.05) is 0 Å². The van der Waals surface area contributed by atoms with Crippen molar-refractivity contribution in [1.82, 2.24) is 14.7 Å². The zero-order valence-electron chi connectivity index (χ0n) is 15.8. The molecule has 2 fully saturated rings. The van der Waals surface area contributed by atoms with E-state index >= 15 is 0 Å². The van der Waals surface area contributed by atoms with Crippen LogP contribution in [-0.4, -0.2) is 72.6 Å². The van der Waals surface area contributed by atoms with Crippen molar-refractivity contribution in [2.45, 2.75) is 59.4 Å². The second kappa shape index (κ2) is 8.12. The van der Waals surface area contributed by atoms with E-state index in [-0.39, 0.29) is 0 Å². The molecule has 0 atom stereocenters. The highest BCUT2D eigenvalue weighted by Gasteiger charge is 2.33. The standard InChI is InChI=1S/C19H39N3/c1-6-20-10-7-18(8-11-20)9-12-21-13-14-22(15-17(2)3)19(4,5)16-21/h17-18H,6-16H2,1-5H3. The van der Waals surface area contributed by atoms with Crippen molar-refractivity contribution in [3.8, 4) is 0 Å². The molecule has 2 saturated heterocycles. The first-order chi connectivity index (χ1) is 10.4. The van der Waals surface area contributed by atoms with Gasteiger partial charge in [-0.15, -0.1) is 0 Å². The maximum absolute atomic E-state index is 2.73. The van der Waals surface area contributed by atoms with E-state index in [4.69, 9.17) is 0 Å². The molecule has 0 aliphatic carbocycles. The number of piperazine rings is 1. The van der Waals surface area contributed by atoms with E-state index in [9.17, 15) is 0 Å². The minimum absolute atomic E-state index is 0.341. The zero-order chi connectivity index (χ0) is 16.2. The van der Waals surface area contributed by atoms with Crippen LogP contribution < -0.4 is 0 Å². The fourth-order valence-corrected chi connectivity index (χ4v) is 4.22. The molecule has 0 aromatic heterocycles. The summed E-state index contributed by atoms with van der Waals surface area (Å²) in [5.74, 6) is 1.74. The monoisotopic (exact) mass is 309 g/mol. The predicted octanol–water partition coefficient (Wildman–Crippen LogP) is 3.16. The molecule has 3 heteroatoms. The van der Waals surface area contributed by atoms with Crippen LogP contribution in [-0.2, 0) is 0 Å². The van der Waals surface area contributed by atoms with E-state index in [0.29, 0.717) is 5.54 Å². The van der Waals surface area contributed by atoms with Gasteiger partial charge in [0.25, 0.3) is 0 Å². The average molecular weight is 310 g/mol. The fraction of sp³-hybridized carbons (Fsp3) is 1.00. The van der Waals surface area contributed by atoms with Gasteiger partial charge in [0, 0.05) is 31.7 Å². The first kappa shape index (κ1) is 18.2. The Labute approximate surface area is 139 Å². The van der Waals surface area contributed by atoms with Gasteiger partial charge in [0.1, 0.15) is 0 Å². The molecule has 0 aromatic rings. The normalized spacial score (nSPS) is 25.9. The molecule has 2 heterocycles. The Balaban J connectivity index is 1.72. The molecule has 0 N–H and O–H groups in total. The lowest BCUT2D eigenvalue weighted by Gasteiger charge is -2.48. The minimum atomic E-state index is 0.341. The first-order valence-electron chi connectivity index (χ1n) is 9.60. The van der Waals surface area contributed by atoms with E-state index in [1.165, 1.54) is 71.6 Å². The number of likely N-dealkylation sites (tertiary alicyclic amines) is 1. The number of hydrogen-bond acceptors (Lipinski definition) is 3. The third kappa shape index (κ3) is 5.21. The molecule has 2 aliphatic heterocycles. The van der Waals surface area contributed by atoms with Crippen molar-refractivity contribution in [2.75, 3.05) is 52.4 Å². The molecule has 0 saturated carbocycles. The molecule has 0 amide bonds. The number of nitrogens with zero attached hydrogens (tertiary/aromatic N) is 3. The molecule has 130 valence electrons. The summed E-state index contributed by atoms with van der Waals surface area (Å²) in [5.41, 5.74) is 0.341. The van der Waals surface area contributed by atoms with Gasteiger partial charge in [-0.3, -0.25) is 4.90 Å². The third-order valence-electron chi connectivity index (χ3n) is 5.75. The van der Waals surface area contributed by atoms with Crippen LogP contribution in [0.1, 0.15) is 53.9 Å². The van der Waals surface area contributed by atoms with Gasteiger partial charge in [-0.2, -0.15) is 0 Å². The van der Waals surface area contributed by atoms with Crippen molar-refractivity contribution in [2.24, 2.45) is 11.8 Å². The summed E-state index contributed by atoms with van der Waals surface area (Å²) in [6, 6.07) is 0. The van der Waals surface area contributed by atoms with Crippen LogP contribution in [0.25, 0.3) is 0 Å². The van der Waals surface area contributed by atoms with Crippen LogP contribution >= 0.6 is 0 Å². The molecule has 3 nitrogen and oxygen atoms in total. The molecule has 0 unspecified atom stereocenters. The maximum Gasteiger partial charge on any atom is 0.0280 e. The van der Waals surface area contributed by atoms with Gasteiger partial charge in [-0.1, -0.05) is 20.8 Å². The van der Waals surface area contributed by atoms with Crippen LogP contribution in [0.2, 0.25) is 0 Å². The van der Waals surface area contributed by atoms with Gasteiger partial charge in [-0.05, 0) is 71.1 Å². The summed E-state index contributed by atoms with van der Waals surface area (Å²) in [6.45, 7) is 22.0. The largest absolute Gasteiger partial charge is 0.304 e. The summed E-state index contributed by atoms with van der Waals surface area (Å²) < 4.78 is 0. The SMILES string of the molecule is CCN1CCC(CCN2CCN(CC(C)C)C(C)(C)C2)CC1. The third-order valence-corrected chi connectivity index (χ3v) is 5.75. The number of hydrogen-bond donors (Lipinski definition) is 0. The second-order valence-corrected chi connectivity index (χ2v) is 8.59. The number of rotatable bonds is 6. The van der Waals surface area contributed by atoms with Gasteiger partial charge in [0.2, 0.25) is 0 Å². The second-order valence-electron chi connectivity index (χ2n) is 8.59. The van der Waals surface area contributed by atoms with Crippen LogP contribution in [0.4, 0.5) is 0 Å². The Morgan fingerprint density at radius 1 is 1.00 bits per heavy atom. The van der Waals surface area contributed by atoms with E-state index in [1.54, 1.807) is 0 Å². The molecular formula is C19H39N3. The zero-order valence-corrected chi connectivity index (χ0v) is 15.8. The maximum atomic E-state index is 2.73. The van der Waals surface area contributed by atoms with E-state index < -0.39 is 0 Å². The van der Waals surface area contributed by atoms with Gasteiger partial charge < -0.3 is 9.80 Å². The van der Waals surface area contributed by atoms with Crippen LogP contribution in [0.15, 0.2) is 0 Å². The van der Waals surface area contributed by atoms with Gasteiger partial charge >= 0.3 is 0 Å². The molecule has 0 radical (unpaired) electrons. The fourth-order valence-electron chi connectivity index (χ4n) is 4.22. The lowest BCUT2D eigenvalue weighted by Crippen LogP contribution is -2.60. The molecule has 2 aliphatic rings. The van der Waals surface area contributed by atoms with Crippen LogP contribution in [0, 0.1) is 11.8 Å². The molecule has 0 bridgehead atoms. The molecule has 0 spiro atoms. The highest BCUT2D eigenvalue weighted by Crippen LogP contribution is 2.25. The first-order valence-corrected chi connectivity index (χ1v) is 9.60. The van der Waals surface area contributed by atoms with Gasteiger partial charge in [-0.25, -0.2) is 0 Å². The number of piperidine rings is 1. The Morgan fingerprint density at radius 3 is 2.23 bits per heavy atom. The van der Waals surface area contributed by atoms with Crippen LogP contribution in [0.3, 0.4) is 0 Å². The van der Waals surface area contributed by atoms with Crippen molar-refractivity contribution in [1.29, 1.82) is 0 Å². The lowest BCUT2D eigenvalue weighted by atomic mass is 9.92. The lowest BCUT2D eigenvalue weighted by molar-refractivity contribution is 0.00902. The van der Waals surface area contributed by atoms with E-state index in [0.717, 1.165) is 11.8 Å². The van der Waals surface area contributed by atoms with Crippen molar-refractivity contribution in [3.63, 3.8) is 0 Å². The molecule has 22 heavy (non-hydrogen) atoms. The molecule has 2 rings (SSSR count). The quantitative estimate of drug-likeness (QED) is 0.746. The van der Waals surface area contributed by atoms with Crippen LogP contribution in [0.5, 0.6) is 0 Å². The molecular weight excluding hydrogens is 270 g/mol. The highest BCUT2D eigenvalue weighted by molar-refractivity contribution is 4.90. The Hall–Kier alpha value is -0.120. The van der Waals surface area contributed by atoms with E-state index in [2.05, 4.69) is 49.3 Å². The summed E-state index contributed by atoms with van der Waals surface area (Å²) in [5, 5.41) is 0. The van der Waals surface area contributed by atoms with Gasteiger partial charge in [0.15, 0.2) is 0 Å². The molecule has 0 aromatic carbocycles. The average Bonchev–Trinajstić information content (AvgIpc) is 2.47. The predicted molar refractivity (Wildman–Crippen MR) is 96.4 cm³/mol. The minimum Gasteiger partial charge on any atom is -0.304 e. The summed E-state index contributed by atoms with van der Waals surface area (Å²) in [6.07, 6.45) is 4.26. The summed E-state index contributed by atoms with van der Waals surface area (Å²) in [7, 11) is 0. The Bertz CT molecular complexity index is 319. The van der Waals surface area contributed by atoms with Crippen molar-refractivity contribution in [3.05, 3.63) is 0 Å². The Morgan fingerprint density at radius 2 is 1.68 bits per heavy atom. The highest BCUT2D eigenvalue weighted by atomic mass is 15.3. The van der Waals surface area contributed by atoms with Crippen molar-refractivity contribution >= 4 is 0 Å². The summed E-state index contributed by atoms with van der Waals surface area (Å²) in [4.78, 5) is 8.03. The van der Waals surface area contributed by atoms with Crippen molar-refractivity contribution < 1.29 is 0 Å². The summed E-state index contributed by atoms with van der Waals surface area (Å²) >= 11 is 0. The smallest absolute Gasteiger partial charge is 0.0280 e.